The number of carbonyl (C=O) groups is 1. The van der Waals surface area contributed by atoms with Crippen LogP contribution in [0.25, 0.3) is 0 Å². The summed E-state index contributed by atoms with van der Waals surface area (Å²) in [5.74, 6) is 2.57. The van der Waals surface area contributed by atoms with Gasteiger partial charge in [-0.25, -0.2) is 8.42 Å². The first-order valence-electron chi connectivity index (χ1n) is 12.6. The fraction of sp³-hybridized carbons (Fsp3) is 0.321. The molecule has 2 aliphatic rings. The van der Waals surface area contributed by atoms with Crippen molar-refractivity contribution in [1.29, 1.82) is 0 Å². The minimum Gasteiger partial charge on any atom is -0.493 e. The third kappa shape index (κ3) is 5.99. The van der Waals surface area contributed by atoms with E-state index in [0.29, 0.717) is 46.9 Å². The number of carbonyl (C=O) groups excluding carboxylic acids is 1. The van der Waals surface area contributed by atoms with Gasteiger partial charge in [0.15, 0.2) is 23.0 Å². The van der Waals surface area contributed by atoms with E-state index < -0.39 is 15.9 Å². The number of benzene rings is 3. The molecule has 40 heavy (non-hydrogen) atoms. The highest BCUT2D eigenvalue weighted by molar-refractivity contribution is 7.98. The average molecular weight is 587 g/mol. The third-order valence-corrected chi connectivity index (χ3v) is 9.58. The summed E-state index contributed by atoms with van der Waals surface area (Å²) < 4.78 is 55.2. The maximum Gasteiger partial charge on any atom is 0.252 e. The van der Waals surface area contributed by atoms with E-state index in [2.05, 4.69) is 5.32 Å². The van der Waals surface area contributed by atoms with Gasteiger partial charge in [0, 0.05) is 35.8 Å². The van der Waals surface area contributed by atoms with Gasteiger partial charge in [-0.05, 0) is 42.0 Å². The van der Waals surface area contributed by atoms with Crippen molar-refractivity contribution >= 4 is 27.7 Å². The lowest BCUT2D eigenvalue weighted by Gasteiger charge is -2.26. The first-order chi connectivity index (χ1) is 19.4. The zero-order valence-corrected chi connectivity index (χ0v) is 23.8. The molecule has 10 nitrogen and oxygen atoms in total. The number of methoxy groups -OCH3 is 2. The van der Waals surface area contributed by atoms with Crippen molar-refractivity contribution in [3.05, 3.63) is 71.3 Å². The average Bonchev–Trinajstić information content (AvgIpc) is 3.47. The van der Waals surface area contributed by atoms with Crippen LogP contribution in [0.1, 0.15) is 21.5 Å². The molecule has 0 unspecified atom stereocenters. The number of hydrogen-bond acceptors (Lipinski definition) is 9. The molecule has 0 radical (unpaired) electrons. The molecular weight excluding hydrogens is 556 g/mol. The van der Waals surface area contributed by atoms with Crippen LogP contribution in [0, 0.1) is 0 Å². The van der Waals surface area contributed by atoms with Crippen LogP contribution in [0.15, 0.2) is 64.4 Å². The van der Waals surface area contributed by atoms with Crippen LogP contribution in [-0.4, -0.2) is 65.9 Å². The predicted molar refractivity (Wildman–Crippen MR) is 149 cm³/mol. The van der Waals surface area contributed by atoms with Crippen molar-refractivity contribution in [2.24, 2.45) is 0 Å². The van der Waals surface area contributed by atoms with Gasteiger partial charge in [-0.2, -0.15) is 4.31 Å². The predicted octanol–water partition coefficient (Wildman–Crippen LogP) is 3.68. The maximum atomic E-state index is 13.5. The first kappa shape index (κ1) is 28.1. The standard InChI is InChI=1S/C28H30N2O8S2/c1-34-24-5-3-4-20(27(24)35-2)17-39-26-9-7-21(40(32,33)30-10-12-36-13-11-30)15-22(26)28(31)29-16-19-6-8-23-25(14-19)38-18-37-23/h3-9,14-15H,10-13,16-18H2,1-2H3,(H,29,31). The highest BCUT2D eigenvalue weighted by atomic mass is 32.2. The topological polar surface area (TPSA) is 113 Å². The van der Waals surface area contributed by atoms with Gasteiger partial charge in [0.05, 0.1) is 37.9 Å². The highest BCUT2D eigenvalue weighted by Crippen LogP contribution is 2.37. The Morgan fingerprint density at radius 3 is 2.58 bits per heavy atom. The van der Waals surface area contributed by atoms with E-state index in [9.17, 15) is 13.2 Å². The Labute approximate surface area is 237 Å². The number of ether oxygens (including phenoxy) is 5. The van der Waals surface area contributed by atoms with Gasteiger partial charge < -0.3 is 29.0 Å². The summed E-state index contributed by atoms with van der Waals surface area (Å²) in [5.41, 5.74) is 1.97. The molecule has 0 atom stereocenters. The van der Waals surface area contributed by atoms with Crippen molar-refractivity contribution in [3.63, 3.8) is 0 Å². The Morgan fingerprint density at radius 2 is 1.80 bits per heavy atom. The highest BCUT2D eigenvalue weighted by Gasteiger charge is 2.28. The Bertz CT molecular complexity index is 1490. The molecule has 3 aromatic carbocycles. The summed E-state index contributed by atoms with van der Waals surface area (Å²) in [6.45, 7) is 1.58. The van der Waals surface area contributed by atoms with E-state index >= 15 is 0 Å². The van der Waals surface area contributed by atoms with Crippen molar-refractivity contribution in [3.8, 4) is 23.0 Å². The number of morpholine rings is 1. The largest absolute Gasteiger partial charge is 0.493 e. The molecular formula is C28H30N2O8S2. The van der Waals surface area contributed by atoms with Crippen LogP contribution in [0.5, 0.6) is 23.0 Å². The van der Waals surface area contributed by atoms with E-state index in [1.165, 1.54) is 22.1 Å². The number of nitrogens with one attached hydrogen (secondary N) is 1. The summed E-state index contributed by atoms with van der Waals surface area (Å²) in [6, 6.07) is 15.7. The molecule has 3 aromatic rings. The van der Waals surface area contributed by atoms with E-state index in [1.807, 2.05) is 30.3 Å². The normalized spacial score (nSPS) is 15.1. The molecule has 0 aromatic heterocycles. The zero-order chi connectivity index (χ0) is 28.1. The number of amides is 1. The molecule has 2 aliphatic heterocycles. The van der Waals surface area contributed by atoms with Crippen molar-refractivity contribution in [1.82, 2.24) is 9.62 Å². The van der Waals surface area contributed by atoms with E-state index in [0.717, 1.165) is 11.1 Å². The summed E-state index contributed by atoms with van der Waals surface area (Å²) in [6.07, 6.45) is 0. The number of nitrogens with zero attached hydrogens (tertiary/aromatic N) is 1. The second kappa shape index (κ2) is 12.4. The van der Waals surface area contributed by atoms with E-state index in [1.54, 1.807) is 32.4 Å². The van der Waals surface area contributed by atoms with E-state index in [-0.39, 0.29) is 36.9 Å². The van der Waals surface area contributed by atoms with Crippen LogP contribution < -0.4 is 24.3 Å². The molecule has 5 rings (SSSR count). The smallest absolute Gasteiger partial charge is 0.252 e. The Morgan fingerprint density at radius 1 is 1.00 bits per heavy atom. The van der Waals surface area contributed by atoms with Gasteiger partial charge in [-0.1, -0.05) is 18.2 Å². The summed E-state index contributed by atoms with van der Waals surface area (Å²) in [7, 11) is -0.648. The van der Waals surface area contributed by atoms with Crippen molar-refractivity contribution in [2.45, 2.75) is 22.1 Å². The minimum atomic E-state index is -3.80. The van der Waals surface area contributed by atoms with Crippen molar-refractivity contribution in [2.75, 3.05) is 47.3 Å². The molecule has 1 N–H and O–H groups in total. The summed E-state index contributed by atoms with van der Waals surface area (Å²) >= 11 is 1.41. The van der Waals surface area contributed by atoms with Gasteiger partial charge >= 0.3 is 0 Å². The Balaban J connectivity index is 1.41. The number of thioether (sulfide) groups is 1. The molecule has 1 fully saturated rings. The Hall–Kier alpha value is -3.45. The molecule has 0 spiro atoms. The van der Waals surface area contributed by atoms with Gasteiger partial charge in [-0.3, -0.25) is 4.79 Å². The number of para-hydroxylation sites is 1. The lowest BCUT2D eigenvalue weighted by molar-refractivity contribution is 0.0730. The third-order valence-electron chi connectivity index (χ3n) is 6.56. The minimum absolute atomic E-state index is 0.0611. The fourth-order valence-corrected chi connectivity index (χ4v) is 6.90. The Kier molecular flexibility index (Phi) is 8.69. The molecule has 0 aliphatic carbocycles. The van der Waals surface area contributed by atoms with Crippen LogP contribution in [0.4, 0.5) is 0 Å². The molecule has 1 saturated heterocycles. The van der Waals surface area contributed by atoms with E-state index in [4.69, 9.17) is 23.7 Å². The first-order valence-corrected chi connectivity index (χ1v) is 15.0. The van der Waals surface area contributed by atoms with Gasteiger partial charge in [-0.15, -0.1) is 11.8 Å². The van der Waals surface area contributed by atoms with Gasteiger partial charge in [0.1, 0.15) is 0 Å². The van der Waals surface area contributed by atoms with Crippen molar-refractivity contribution < 1.29 is 36.9 Å². The van der Waals surface area contributed by atoms with Gasteiger partial charge in [0.2, 0.25) is 16.8 Å². The van der Waals surface area contributed by atoms with Crippen LogP contribution in [0.3, 0.4) is 0 Å². The zero-order valence-electron chi connectivity index (χ0n) is 22.2. The lowest BCUT2D eigenvalue weighted by atomic mass is 10.1. The van der Waals surface area contributed by atoms with Crippen LogP contribution in [0.2, 0.25) is 0 Å². The van der Waals surface area contributed by atoms with Crippen LogP contribution >= 0.6 is 11.8 Å². The SMILES string of the molecule is COc1cccc(CSc2ccc(S(=O)(=O)N3CCOCC3)cc2C(=O)NCc2ccc3c(c2)OCO3)c1OC. The molecule has 212 valence electrons. The molecule has 0 saturated carbocycles. The summed E-state index contributed by atoms with van der Waals surface area (Å²) in [5, 5.41) is 2.92. The van der Waals surface area contributed by atoms with Gasteiger partial charge in [0.25, 0.3) is 5.91 Å². The second-order valence-electron chi connectivity index (χ2n) is 8.99. The number of hydrogen-bond donors (Lipinski definition) is 1. The summed E-state index contributed by atoms with van der Waals surface area (Å²) in [4.78, 5) is 14.2. The second-order valence-corrected chi connectivity index (χ2v) is 11.9. The monoisotopic (exact) mass is 586 g/mol. The number of rotatable bonds is 10. The number of fused-ring (bicyclic) bond motifs is 1. The van der Waals surface area contributed by atoms with Crippen LogP contribution in [-0.2, 0) is 27.1 Å². The number of sulfonamides is 1. The molecule has 1 amide bonds. The maximum absolute atomic E-state index is 13.5. The quantitative estimate of drug-likeness (QED) is 0.356. The fourth-order valence-electron chi connectivity index (χ4n) is 4.46. The lowest BCUT2D eigenvalue weighted by Crippen LogP contribution is -2.40. The molecule has 2 heterocycles. The molecule has 12 heteroatoms. The molecule has 0 bridgehead atoms.